The zero-order chi connectivity index (χ0) is 17.4. The van der Waals surface area contributed by atoms with E-state index >= 15 is 0 Å². The van der Waals surface area contributed by atoms with Crippen molar-refractivity contribution in [1.82, 2.24) is 4.90 Å². The molecule has 0 aromatic heterocycles. The molecule has 1 aliphatic heterocycles. The fraction of sp³-hybridized carbons (Fsp3) is 0.125. The fourth-order valence-corrected chi connectivity index (χ4v) is 3.90. The van der Waals surface area contributed by atoms with E-state index in [0.717, 1.165) is 39.3 Å². The van der Waals surface area contributed by atoms with E-state index in [2.05, 4.69) is 15.9 Å². The van der Waals surface area contributed by atoms with Crippen molar-refractivity contribution in [3.8, 4) is 0 Å². The molecule has 0 bridgehead atoms. The predicted molar refractivity (Wildman–Crippen MR) is 90.8 cm³/mol. The second-order valence-corrected chi connectivity index (χ2v) is 7.04. The summed E-state index contributed by atoms with van der Waals surface area (Å²) >= 11 is 4.54. The molecule has 1 atom stereocenters. The summed E-state index contributed by atoms with van der Waals surface area (Å²) in [7, 11) is 1.45. The van der Waals surface area contributed by atoms with Crippen molar-refractivity contribution in [1.29, 1.82) is 0 Å². The second-order valence-electron chi connectivity index (χ2n) is 5.06. The van der Waals surface area contributed by atoms with Crippen LogP contribution < -0.4 is 4.90 Å². The number of amides is 3. The molecule has 0 aliphatic carbocycles. The molecule has 8 heteroatoms. The number of benzene rings is 2. The van der Waals surface area contributed by atoms with E-state index in [9.17, 15) is 18.4 Å². The van der Waals surface area contributed by atoms with Crippen LogP contribution in [0.15, 0.2) is 51.8 Å². The summed E-state index contributed by atoms with van der Waals surface area (Å²) in [4.78, 5) is 27.7. The lowest BCUT2D eigenvalue weighted by Crippen LogP contribution is -2.32. The van der Waals surface area contributed by atoms with E-state index in [0.29, 0.717) is 4.90 Å². The van der Waals surface area contributed by atoms with Crippen molar-refractivity contribution in [3.63, 3.8) is 0 Å². The van der Waals surface area contributed by atoms with Crippen LogP contribution in [0.1, 0.15) is 0 Å². The summed E-state index contributed by atoms with van der Waals surface area (Å²) in [6, 6.07) is 9.20. The highest BCUT2D eigenvalue weighted by molar-refractivity contribution is 9.10. The Bertz CT molecular complexity index is 833. The first-order valence-corrected chi connectivity index (χ1v) is 8.54. The van der Waals surface area contributed by atoms with Crippen LogP contribution in [-0.2, 0) is 4.79 Å². The van der Waals surface area contributed by atoms with Crippen molar-refractivity contribution in [2.45, 2.75) is 10.3 Å². The Morgan fingerprint density at radius 1 is 1.12 bits per heavy atom. The van der Waals surface area contributed by atoms with Gasteiger partial charge in [-0.25, -0.2) is 18.5 Å². The first-order chi connectivity index (χ1) is 11.4. The fourth-order valence-electron chi connectivity index (χ4n) is 2.30. The van der Waals surface area contributed by atoms with Crippen molar-refractivity contribution in [2.75, 3.05) is 11.9 Å². The van der Waals surface area contributed by atoms with Gasteiger partial charge in [-0.3, -0.25) is 4.79 Å². The van der Waals surface area contributed by atoms with Gasteiger partial charge in [0.15, 0.2) is 5.37 Å². The van der Waals surface area contributed by atoms with Gasteiger partial charge in [-0.2, -0.15) is 0 Å². The van der Waals surface area contributed by atoms with Crippen LogP contribution in [0.25, 0.3) is 0 Å². The van der Waals surface area contributed by atoms with E-state index in [1.807, 2.05) is 12.1 Å². The Kier molecular flexibility index (Phi) is 4.60. The largest absolute Gasteiger partial charge is 0.332 e. The normalized spacial score (nSPS) is 17.8. The number of hydrogen-bond acceptors (Lipinski definition) is 3. The molecule has 0 radical (unpaired) electrons. The molecule has 4 nitrogen and oxygen atoms in total. The van der Waals surface area contributed by atoms with Crippen LogP contribution >= 0.6 is 27.7 Å². The van der Waals surface area contributed by atoms with Crippen LogP contribution in [0.5, 0.6) is 0 Å². The van der Waals surface area contributed by atoms with Crippen molar-refractivity contribution < 1.29 is 18.4 Å². The Balaban J connectivity index is 1.95. The standard InChI is InChI=1S/C16H11BrF2N2O2S/c1-20-15(24-13-5-3-2-4-10(13)17)14(22)21(16(20)23)12-8-9(18)6-7-11(12)19/h2-8,15H,1H3. The summed E-state index contributed by atoms with van der Waals surface area (Å²) < 4.78 is 28.2. The average Bonchev–Trinajstić information content (AvgIpc) is 2.76. The van der Waals surface area contributed by atoms with Crippen molar-refractivity contribution >= 4 is 45.3 Å². The Labute approximate surface area is 149 Å². The third-order valence-corrected chi connectivity index (χ3v) is 5.81. The molecule has 0 saturated carbocycles. The van der Waals surface area contributed by atoms with E-state index < -0.39 is 28.9 Å². The van der Waals surface area contributed by atoms with Crippen LogP contribution in [0.2, 0.25) is 0 Å². The second kappa shape index (κ2) is 6.52. The summed E-state index contributed by atoms with van der Waals surface area (Å²) in [5.41, 5.74) is -0.382. The van der Waals surface area contributed by atoms with Gasteiger partial charge in [-0.15, -0.1) is 0 Å². The number of halogens is 3. The van der Waals surface area contributed by atoms with Crippen LogP contribution in [0.4, 0.5) is 19.3 Å². The van der Waals surface area contributed by atoms with Gasteiger partial charge in [0, 0.05) is 22.5 Å². The summed E-state index contributed by atoms with van der Waals surface area (Å²) in [6.07, 6.45) is 0. The lowest BCUT2D eigenvalue weighted by Gasteiger charge is -2.16. The third-order valence-electron chi connectivity index (χ3n) is 3.50. The van der Waals surface area contributed by atoms with E-state index in [1.54, 1.807) is 12.1 Å². The number of rotatable bonds is 3. The zero-order valence-corrected chi connectivity index (χ0v) is 14.8. The van der Waals surface area contributed by atoms with Crippen LogP contribution in [-0.4, -0.2) is 29.3 Å². The average molecular weight is 413 g/mol. The SMILES string of the molecule is CN1C(=O)N(c2cc(F)ccc2F)C(=O)C1Sc1ccccc1Br. The molecular weight excluding hydrogens is 402 g/mol. The van der Waals surface area contributed by atoms with E-state index in [4.69, 9.17) is 0 Å². The van der Waals surface area contributed by atoms with Gasteiger partial charge < -0.3 is 4.90 Å². The molecule has 2 aromatic rings. The molecule has 1 unspecified atom stereocenters. The molecule has 0 spiro atoms. The van der Waals surface area contributed by atoms with Crippen LogP contribution in [0.3, 0.4) is 0 Å². The van der Waals surface area contributed by atoms with Gasteiger partial charge in [0.25, 0.3) is 5.91 Å². The summed E-state index contributed by atoms with van der Waals surface area (Å²) in [6.45, 7) is 0. The quantitative estimate of drug-likeness (QED) is 0.707. The molecule has 24 heavy (non-hydrogen) atoms. The Hall–Kier alpha value is -1.93. The van der Waals surface area contributed by atoms with Crippen molar-refractivity contribution in [3.05, 3.63) is 58.6 Å². The number of carbonyl (C=O) groups is 2. The topological polar surface area (TPSA) is 40.6 Å². The Morgan fingerprint density at radius 2 is 1.83 bits per heavy atom. The number of anilines is 1. The number of nitrogens with zero attached hydrogens (tertiary/aromatic N) is 2. The lowest BCUT2D eigenvalue weighted by molar-refractivity contribution is -0.117. The number of likely N-dealkylation sites (N-methyl/N-ethyl adjacent to an activating group) is 1. The smallest absolute Gasteiger partial charge is 0.306 e. The van der Waals surface area contributed by atoms with Gasteiger partial charge in [0.05, 0.1) is 5.69 Å². The summed E-state index contributed by atoms with van der Waals surface area (Å²) in [5, 5.41) is -0.862. The molecule has 1 saturated heterocycles. The Morgan fingerprint density at radius 3 is 2.54 bits per heavy atom. The monoisotopic (exact) mass is 412 g/mol. The van der Waals surface area contributed by atoms with Gasteiger partial charge in [0.1, 0.15) is 11.6 Å². The molecule has 1 fully saturated rings. The maximum atomic E-state index is 14.0. The highest BCUT2D eigenvalue weighted by Crippen LogP contribution is 2.37. The molecule has 1 aliphatic rings. The van der Waals surface area contributed by atoms with Crippen LogP contribution in [0, 0.1) is 11.6 Å². The minimum atomic E-state index is -0.862. The zero-order valence-electron chi connectivity index (χ0n) is 12.4. The maximum Gasteiger partial charge on any atom is 0.332 e. The summed E-state index contributed by atoms with van der Waals surface area (Å²) in [5.74, 6) is -2.18. The minimum Gasteiger partial charge on any atom is -0.306 e. The van der Waals surface area contributed by atoms with Gasteiger partial charge >= 0.3 is 6.03 Å². The molecule has 3 rings (SSSR count). The predicted octanol–water partition coefficient (Wildman–Crippen LogP) is 4.24. The maximum absolute atomic E-state index is 14.0. The molecule has 1 heterocycles. The first-order valence-electron chi connectivity index (χ1n) is 6.87. The van der Waals surface area contributed by atoms with E-state index in [1.165, 1.54) is 11.9 Å². The number of thioether (sulfide) groups is 1. The molecular formula is C16H11BrF2N2O2S. The lowest BCUT2D eigenvalue weighted by atomic mass is 10.2. The van der Waals surface area contributed by atoms with E-state index in [-0.39, 0.29) is 5.69 Å². The van der Waals surface area contributed by atoms with Gasteiger partial charge in [-0.05, 0) is 40.2 Å². The number of carbonyl (C=O) groups excluding carboxylic acids is 2. The van der Waals surface area contributed by atoms with Gasteiger partial charge in [-0.1, -0.05) is 23.9 Å². The van der Waals surface area contributed by atoms with Gasteiger partial charge in [0.2, 0.25) is 0 Å². The minimum absolute atomic E-state index is 0.382. The number of hydrogen-bond donors (Lipinski definition) is 0. The third kappa shape index (κ3) is 2.91. The molecule has 2 aromatic carbocycles. The highest BCUT2D eigenvalue weighted by atomic mass is 79.9. The molecule has 0 N–H and O–H groups in total. The molecule has 124 valence electrons. The van der Waals surface area contributed by atoms with Crippen molar-refractivity contribution in [2.24, 2.45) is 0 Å². The highest BCUT2D eigenvalue weighted by Gasteiger charge is 2.45. The number of urea groups is 1. The first kappa shape index (κ1) is 16.9. The molecule has 3 amide bonds. The number of imide groups is 1.